The Bertz CT molecular complexity index is 326. The molecule has 0 N–H and O–H groups in total. The van der Waals surface area contributed by atoms with Gasteiger partial charge in [-0.3, -0.25) is 0 Å². The molecule has 116 valence electrons. The van der Waals surface area contributed by atoms with Gasteiger partial charge in [-0.05, 0) is 62.7 Å². The fourth-order valence-corrected chi connectivity index (χ4v) is 5.72. The first kappa shape index (κ1) is 14.8. The van der Waals surface area contributed by atoms with Crippen molar-refractivity contribution in [1.82, 2.24) is 0 Å². The van der Waals surface area contributed by atoms with Crippen molar-refractivity contribution in [2.24, 2.45) is 29.6 Å². The van der Waals surface area contributed by atoms with E-state index in [0.29, 0.717) is 5.92 Å². The van der Waals surface area contributed by atoms with Gasteiger partial charge in [-0.1, -0.05) is 0 Å². The molecule has 3 aliphatic carbocycles. The summed E-state index contributed by atoms with van der Waals surface area (Å²) >= 11 is 0. The second-order valence-corrected chi connectivity index (χ2v) is 6.93. The normalized spacial score (nSPS) is 39.5. The van der Waals surface area contributed by atoms with Crippen LogP contribution in [0.3, 0.4) is 0 Å². The third kappa shape index (κ3) is 2.22. The summed E-state index contributed by atoms with van der Waals surface area (Å²) in [5.74, 6) is 3.89. The van der Waals surface area contributed by atoms with Crippen molar-refractivity contribution < 1.29 is 14.2 Å². The lowest BCUT2D eigenvalue weighted by atomic mass is 9.74. The van der Waals surface area contributed by atoms with Gasteiger partial charge in [0.05, 0.1) is 6.61 Å². The van der Waals surface area contributed by atoms with E-state index in [1.165, 1.54) is 32.1 Å². The topological polar surface area (TPSA) is 27.7 Å². The van der Waals surface area contributed by atoms with E-state index in [1.807, 2.05) is 21.1 Å². The van der Waals surface area contributed by atoms with Crippen molar-refractivity contribution in [3.05, 3.63) is 0 Å². The van der Waals surface area contributed by atoms with Gasteiger partial charge in [-0.25, -0.2) is 0 Å². The van der Waals surface area contributed by atoms with Gasteiger partial charge in [-0.15, -0.1) is 0 Å². The van der Waals surface area contributed by atoms with Gasteiger partial charge in [-0.2, -0.15) is 0 Å². The molecule has 0 heterocycles. The molecule has 0 aromatic heterocycles. The molecule has 0 radical (unpaired) electrons. The number of methoxy groups -OCH3 is 2. The van der Waals surface area contributed by atoms with Crippen molar-refractivity contribution in [3.8, 4) is 0 Å². The summed E-state index contributed by atoms with van der Waals surface area (Å²) in [5.41, 5.74) is 0. The summed E-state index contributed by atoms with van der Waals surface area (Å²) in [6.07, 6.45) is 7.91. The van der Waals surface area contributed by atoms with E-state index >= 15 is 0 Å². The summed E-state index contributed by atoms with van der Waals surface area (Å²) in [6.45, 7) is 3.55. The Balaban J connectivity index is 1.74. The van der Waals surface area contributed by atoms with Crippen molar-refractivity contribution in [2.45, 2.75) is 51.2 Å². The third-order valence-corrected chi connectivity index (χ3v) is 6.49. The largest absolute Gasteiger partial charge is 0.382 e. The quantitative estimate of drug-likeness (QED) is 0.528. The van der Waals surface area contributed by atoms with Crippen LogP contribution in [0.15, 0.2) is 0 Å². The SMILES string of the molecule is CCOCCC(OC)(OC)C1CC[C@@H]2C3CCC(C3)[C@H]12. The van der Waals surface area contributed by atoms with E-state index in [1.54, 1.807) is 0 Å². The Labute approximate surface area is 123 Å². The summed E-state index contributed by atoms with van der Waals surface area (Å²) in [7, 11) is 3.63. The van der Waals surface area contributed by atoms with E-state index < -0.39 is 5.79 Å². The molecule has 5 atom stereocenters. The maximum atomic E-state index is 5.93. The van der Waals surface area contributed by atoms with Crippen LogP contribution in [0.25, 0.3) is 0 Å². The standard InChI is InChI=1S/C17H30O3/c1-4-20-10-9-17(18-2,19-3)15-8-7-14-12-5-6-13(11-12)16(14)15/h12-16H,4-11H2,1-3H3/t12?,13?,14-,15?,16+/m1/s1. The first-order valence-corrected chi connectivity index (χ1v) is 8.43. The Kier molecular flexibility index (Phi) is 4.40. The highest BCUT2D eigenvalue weighted by Gasteiger charge is 2.58. The average Bonchev–Trinajstić information content (AvgIpc) is 3.16. The van der Waals surface area contributed by atoms with Crippen LogP contribution in [0.1, 0.15) is 45.4 Å². The summed E-state index contributed by atoms with van der Waals surface area (Å²) in [6, 6.07) is 0. The highest BCUT2D eigenvalue weighted by molar-refractivity contribution is 5.05. The molecule has 0 aromatic rings. The second kappa shape index (κ2) is 5.94. The van der Waals surface area contributed by atoms with E-state index in [4.69, 9.17) is 14.2 Å². The fourth-order valence-electron chi connectivity index (χ4n) is 5.72. The first-order chi connectivity index (χ1) is 9.75. The van der Waals surface area contributed by atoms with E-state index in [9.17, 15) is 0 Å². The van der Waals surface area contributed by atoms with Gasteiger partial charge < -0.3 is 14.2 Å². The molecule has 0 amide bonds. The molecule has 20 heavy (non-hydrogen) atoms. The van der Waals surface area contributed by atoms with Crippen molar-refractivity contribution in [2.75, 3.05) is 27.4 Å². The van der Waals surface area contributed by atoms with Gasteiger partial charge in [0.15, 0.2) is 5.79 Å². The Morgan fingerprint density at radius 2 is 1.75 bits per heavy atom. The Morgan fingerprint density at radius 1 is 1.00 bits per heavy atom. The van der Waals surface area contributed by atoms with Crippen LogP contribution in [0.5, 0.6) is 0 Å². The van der Waals surface area contributed by atoms with E-state index in [-0.39, 0.29) is 0 Å². The van der Waals surface area contributed by atoms with Crippen LogP contribution in [-0.4, -0.2) is 33.2 Å². The van der Waals surface area contributed by atoms with Gasteiger partial charge in [0.1, 0.15) is 0 Å². The first-order valence-electron chi connectivity index (χ1n) is 8.43. The van der Waals surface area contributed by atoms with Crippen molar-refractivity contribution in [1.29, 1.82) is 0 Å². The highest BCUT2D eigenvalue weighted by Crippen LogP contribution is 2.63. The molecule has 0 spiro atoms. The maximum Gasteiger partial charge on any atom is 0.172 e. The molecule has 3 saturated carbocycles. The molecule has 0 aromatic carbocycles. The highest BCUT2D eigenvalue weighted by atomic mass is 16.7. The summed E-state index contributed by atoms with van der Waals surface area (Å²) in [5, 5.41) is 0. The number of hydrogen-bond donors (Lipinski definition) is 0. The van der Waals surface area contributed by atoms with Crippen LogP contribution < -0.4 is 0 Å². The van der Waals surface area contributed by atoms with E-state index in [0.717, 1.165) is 43.3 Å². The Hall–Kier alpha value is -0.120. The number of rotatable bonds is 7. The lowest BCUT2D eigenvalue weighted by Gasteiger charge is -2.41. The van der Waals surface area contributed by atoms with Crippen molar-refractivity contribution in [3.63, 3.8) is 0 Å². The zero-order valence-corrected chi connectivity index (χ0v) is 13.3. The second-order valence-electron chi connectivity index (χ2n) is 6.93. The third-order valence-electron chi connectivity index (χ3n) is 6.49. The lowest BCUT2D eigenvalue weighted by Crippen LogP contribution is -2.46. The molecular weight excluding hydrogens is 252 g/mol. The number of hydrogen-bond acceptors (Lipinski definition) is 3. The maximum absolute atomic E-state index is 5.93. The molecule has 3 rings (SSSR count). The number of fused-ring (bicyclic) bond motifs is 5. The molecule has 2 bridgehead atoms. The van der Waals surface area contributed by atoms with Crippen LogP contribution in [-0.2, 0) is 14.2 Å². The number of ether oxygens (including phenoxy) is 3. The predicted molar refractivity (Wildman–Crippen MR) is 78.4 cm³/mol. The van der Waals surface area contributed by atoms with Crippen LogP contribution in [0.4, 0.5) is 0 Å². The zero-order valence-electron chi connectivity index (χ0n) is 13.3. The van der Waals surface area contributed by atoms with Crippen LogP contribution >= 0.6 is 0 Å². The van der Waals surface area contributed by atoms with E-state index in [2.05, 4.69) is 0 Å². The molecule has 3 fully saturated rings. The lowest BCUT2D eigenvalue weighted by molar-refractivity contribution is -0.258. The molecule has 3 heteroatoms. The zero-order chi connectivity index (χ0) is 14.2. The van der Waals surface area contributed by atoms with Crippen LogP contribution in [0, 0.1) is 29.6 Å². The van der Waals surface area contributed by atoms with Gasteiger partial charge >= 0.3 is 0 Å². The average molecular weight is 282 g/mol. The minimum Gasteiger partial charge on any atom is -0.382 e. The Morgan fingerprint density at radius 3 is 2.45 bits per heavy atom. The summed E-state index contributed by atoms with van der Waals surface area (Å²) < 4.78 is 17.4. The minimum atomic E-state index is -0.418. The molecular formula is C17H30O3. The van der Waals surface area contributed by atoms with Crippen molar-refractivity contribution >= 4 is 0 Å². The molecule has 0 saturated heterocycles. The molecule has 3 unspecified atom stereocenters. The smallest absolute Gasteiger partial charge is 0.172 e. The summed E-state index contributed by atoms with van der Waals surface area (Å²) in [4.78, 5) is 0. The van der Waals surface area contributed by atoms with Crippen LogP contribution in [0.2, 0.25) is 0 Å². The monoisotopic (exact) mass is 282 g/mol. The molecule has 3 aliphatic rings. The molecule has 0 aliphatic heterocycles. The fraction of sp³-hybridized carbons (Fsp3) is 1.00. The molecule has 3 nitrogen and oxygen atoms in total. The van der Waals surface area contributed by atoms with Gasteiger partial charge in [0.25, 0.3) is 0 Å². The minimum absolute atomic E-state index is 0.418. The van der Waals surface area contributed by atoms with Gasteiger partial charge in [0, 0.05) is 33.2 Å². The predicted octanol–water partition coefficient (Wildman–Crippen LogP) is 3.47. The van der Waals surface area contributed by atoms with Gasteiger partial charge in [0.2, 0.25) is 0 Å².